The first-order chi connectivity index (χ1) is 10.6. The molecule has 1 heterocycles. The lowest BCUT2D eigenvalue weighted by atomic mass is 9.94. The minimum absolute atomic E-state index is 0.0911. The van der Waals surface area contributed by atoms with E-state index in [1.807, 2.05) is 20.8 Å². The first kappa shape index (κ1) is 17.8. The Kier molecular flexibility index (Phi) is 5.04. The number of anilines is 1. The van der Waals surface area contributed by atoms with Crippen LogP contribution in [0.15, 0.2) is 24.3 Å². The third kappa shape index (κ3) is 4.05. The topological polar surface area (TPSA) is 66.4 Å². The molecule has 2 rings (SSSR count). The molecule has 0 aliphatic heterocycles. The molecule has 23 heavy (non-hydrogen) atoms. The predicted molar refractivity (Wildman–Crippen MR) is 94.4 cm³/mol. The highest BCUT2D eigenvalue weighted by Crippen LogP contribution is 2.36. The summed E-state index contributed by atoms with van der Waals surface area (Å²) < 4.78 is 0. The number of amides is 1. The summed E-state index contributed by atoms with van der Waals surface area (Å²) in [5, 5.41) is 12.6. The Hall–Kier alpha value is -1.56. The number of nitrogens with one attached hydrogen (secondary N) is 1. The summed E-state index contributed by atoms with van der Waals surface area (Å²) in [7, 11) is 0. The highest BCUT2D eigenvalue weighted by molar-refractivity contribution is 7.14. The first-order valence-electron chi connectivity index (χ1n) is 6.73. The van der Waals surface area contributed by atoms with Gasteiger partial charge in [0.25, 0.3) is 5.91 Å². The van der Waals surface area contributed by atoms with Crippen LogP contribution in [0.4, 0.5) is 5.69 Å². The fraction of sp³-hybridized carbons (Fsp3) is 0.250. The number of carbonyl (C=O) groups excluding carboxylic acids is 1. The number of carboxylic acid groups (broad SMARTS) is 1. The van der Waals surface area contributed by atoms with Crippen molar-refractivity contribution < 1.29 is 14.7 Å². The van der Waals surface area contributed by atoms with E-state index in [0.29, 0.717) is 5.02 Å². The maximum absolute atomic E-state index is 12.4. The van der Waals surface area contributed by atoms with E-state index in [2.05, 4.69) is 5.32 Å². The standard InChI is InChI=1S/C16H15Cl2NO3S/c1-16(2,3)12-7-11(13(23-12)15(21)22)19-14(20)9-5-4-8(17)6-10(9)18/h4-7H,1-3H3,(H,19,20)(H,21,22). The van der Waals surface area contributed by atoms with Crippen LogP contribution in [0.3, 0.4) is 0 Å². The number of hydrogen-bond donors (Lipinski definition) is 2. The van der Waals surface area contributed by atoms with Crippen molar-refractivity contribution in [1.29, 1.82) is 0 Å². The van der Waals surface area contributed by atoms with Gasteiger partial charge in [-0.05, 0) is 29.7 Å². The van der Waals surface area contributed by atoms with E-state index in [1.165, 1.54) is 12.1 Å². The van der Waals surface area contributed by atoms with Crippen LogP contribution in [-0.4, -0.2) is 17.0 Å². The molecular weight excluding hydrogens is 357 g/mol. The molecule has 1 aromatic carbocycles. The lowest BCUT2D eigenvalue weighted by molar-refractivity contribution is 0.0703. The molecule has 0 saturated carbocycles. The van der Waals surface area contributed by atoms with E-state index < -0.39 is 11.9 Å². The molecule has 0 aliphatic rings. The average molecular weight is 372 g/mol. The fourth-order valence-corrected chi connectivity index (χ4v) is 3.38. The molecule has 1 aromatic heterocycles. The Morgan fingerprint density at radius 3 is 2.35 bits per heavy atom. The van der Waals surface area contributed by atoms with Gasteiger partial charge in [-0.2, -0.15) is 0 Å². The van der Waals surface area contributed by atoms with Gasteiger partial charge in [-0.1, -0.05) is 44.0 Å². The smallest absolute Gasteiger partial charge is 0.348 e. The number of rotatable bonds is 3. The van der Waals surface area contributed by atoms with Gasteiger partial charge < -0.3 is 10.4 Å². The molecule has 0 bridgehead atoms. The van der Waals surface area contributed by atoms with Crippen LogP contribution >= 0.6 is 34.5 Å². The van der Waals surface area contributed by atoms with Crippen molar-refractivity contribution in [2.75, 3.05) is 5.32 Å². The second-order valence-corrected chi connectivity index (χ2v) is 7.88. The summed E-state index contributed by atoms with van der Waals surface area (Å²) in [6.45, 7) is 5.93. The Balaban J connectivity index is 2.37. The second-order valence-electron chi connectivity index (χ2n) is 5.99. The lowest BCUT2D eigenvalue weighted by Gasteiger charge is -2.15. The molecule has 2 N–H and O–H groups in total. The maximum atomic E-state index is 12.4. The molecule has 2 aromatic rings. The minimum Gasteiger partial charge on any atom is -0.477 e. The van der Waals surface area contributed by atoms with Crippen LogP contribution in [-0.2, 0) is 5.41 Å². The number of aromatic carboxylic acids is 1. The molecule has 4 nitrogen and oxygen atoms in total. The van der Waals surface area contributed by atoms with Crippen molar-refractivity contribution >= 4 is 52.1 Å². The van der Waals surface area contributed by atoms with Gasteiger partial charge in [0.1, 0.15) is 4.88 Å². The zero-order valence-corrected chi connectivity index (χ0v) is 15.1. The van der Waals surface area contributed by atoms with Gasteiger partial charge in [0.05, 0.1) is 16.3 Å². The molecule has 0 unspecified atom stereocenters. The summed E-state index contributed by atoms with van der Waals surface area (Å²) in [5.74, 6) is -1.56. The number of halogens is 2. The maximum Gasteiger partial charge on any atom is 0.348 e. The zero-order valence-electron chi connectivity index (χ0n) is 12.7. The Morgan fingerprint density at radius 2 is 1.83 bits per heavy atom. The van der Waals surface area contributed by atoms with Gasteiger partial charge in [0.2, 0.25) is 0 Å². The SMILES string of the molecule is CC(C)(C)c1cc(NC(=O)c2ccc(Cl)cc2Cl)c(C(=O)O)s1. The fourth-order valence-electron chi connectivity index (χ4n) is 1.88. The van der Waals surface area contributed by atoms with Crippen molar-refractivity contribution in [3.63, 3.8) is 0 Å². The number of benzene rings is 1. The van der Waals surface area contributed by atoms with E-state index in [4.69, 9.17) is 23.2 Å². The molecular formula is C16H15Cl2NO3S. The van der Waals surface area contributed by atoms with Gasteiger partial charge in [0.15, 0.2) is 0 Å². The number of thiophene rings is 1. The molecule has 0 fully saturated rings. The molecule has 122 valence electrons. The Bertz CT molecular complexity index is 778. The lowest BCUT2D eigenvalue weighted by Crippen LogP contribution is -2.14. The zero-order chi connectivity index (χ0) is 17.4. The van der Waals surface area contributed by atoms with E-state index in [1.54, 1.807) is 12.1 Å². The summed E-state index contributed by atoms with van der Waals surface area (Å²) in [4.78, 5) is 24.7. The van der Waals surface area contributed by atoms with Crippen LogP contribution in [0.25, 0.3) is 0 Å². The van der Waals surface area contributed by atoms with Crippen molar-refractivity contribution in [1.82, 2.24) is 0 Å². The van der Waals surface area contributed by atoms with Crippen LogP contribution in [0.1, 0.15) is 45.7 Å². The summed E-state index contributed by atoms with van der Waals surface area (Å²) in [5.41, 5.74) is 0.287. The average Bonchev–Trinajstić information content (AvgIpc) is 2.82. The third-order valence-electron chi connectivity index (χ3n) is 3.09. The van der Waals surface area contributed by atoms with Crippen LogP contribution < -0.4 is 5.32 Å². The van der Waals surface area contributed by atoms with Crippen molar-refractivity contribution in [2.24, 2.45) is 0 Å². The number of carboxylic acids is 1. The molecule has 7 heteroatoms. The minimum atomic E-state index is -1.08. The van der Waals surface area contributed by atoms with Gasteiger partial charge in [-0.15, -0.1) is 11.3 Å². The van der Waals surface area contributed by atoms with Crippen LogP contribution in [0, 0.1) is 0 Å². The van der Waals surface area contributed by atoms with Crippen molar-refractivity contribution in [3.8, 4) is 0 Å². The molecule has 1 amide bonds. The van der Waals surface area contributed by atoms with Gasteiger partial charge in [0, 0.05) is 9.90 Å². The molecule has 0 saturated heterocycles. The number of hydrogen-bond acceptors (Lipinski definition) is 3. The van der Waals surface area contributed by atoms with E-state index in [-0.39, 0.29) is 26.6 Å². The highest BCUT2D eigenvalue weighted by atomic mass is 35.5. The van der Waals surface area contributed by atoms with Crippen LogP contribution in [0.5, 0.6) is 0 Å². The summed E-state index contributed by atoms with van der Waals surface area (Å²) in [6, 6.07) is 6.20. The van der Waals surface area contributed by atoms with Gasteiger partial charge in [-0.25, -0.2) is 4.79 Å². The van der Waals surface area contributed by atoms with Crippen molar-refractivity contribution in [2.45, 2.75) is 26.2 Å². The monoisotopic (exact) mass is 371 g/mol. The second kappa shape index (κ2) is 6.51. The van der Waals surface area contributed by atoms with Crippen LogP contribution in [0.2, 0.25) is 10.0 Å². The van der Waals surface area contributed by atoms with Crippen molar-refractivity contribution in [3.05, 3.63) is 49.6 Å². The van der Waals surface area contributed by atoms with Gasteiger partial charge >= 0.3 is 5.97 Å². The molecule has 0 aliphatic carbocycles. The van der Waals surface area contributed by atoms with E-state index in [0.717, 1.165) is 16.2 Å². The predicted octanol–water partition coefficient (Wildman–Crippen LogP) is 5.30. The Morgan fingerprint density at radius 1 is 1.17 bits per heavy atom. The molecule has 0 spiro atoms. The normalized spacial score (nSPS) is 11.3. The quantitative estimate of drug-likeness (QED) is 0.768. The summed E-state index contributed by atoms with van der Waals surface area (Å²) >= 11 is 13.0. The van der Waals surface area contributed by atoms with E-state index >= 15 is 0 Å². The first-order valence-corrected chi connectivity index (χ1v) is 8.31. The van der Waals surface area contributed by atoms with E-state index in [9.17, 15) is 14.7 Å². The third-order valence-corrected chi connectivity index (χ3v) is 5.19. The summed E-state index contributed by atoms with van der Waals surface area (Å²) in [6.07, 6.45) is 0. The number of carbonyl (C=O) groups is 2. The highest BCUT2D eigenvalue weighted by Gasteiger charge is 2.24. The Labute approximate surface area is 148 Å². The molecule has 0 radical (unpaired) electrons. The molecule has 0 atom stereocenters. The largest absolute Gasteiger partial charge is 0.477 e. The van der Waals surface area contributed by atoms with Gasteiger partial charge in [-0.3, -0.25) is 4.79 Å².